The highest BCUT2D eigenvalue weighted by Crippen LogP contribution is 2.21. The second-order valence-electron chi connectivity index (χ2n) is 5.69. The van der Waals surface area contributed by atoms with Crippen LogP contribution in [-0.2, 0) is 17.9 Å². The lowest BCUT2D eigenvalue weighted by molar-refractivity contribution is -0.684. The molecule has 0 saturated heterocycles. The predicted octanol–water partition coefficient (Wildman–Crippen LogP) is 3.85. The van der Waals surface area contributed by atoms with E-state index in [0.29, 0.717) is 24.0 Å². The first-order valence-corrected chi connectivity index (χ1v) is 8.51. The molecule has 0 fully saturated rings. The largest absolute Gasteiger partial charge is 0.346 e. The molecule has 0 aliphatic rings. The standard InChI is InChI=1S/C19H23ClN2O/c1-3-15(4-2)16-9-11-22(12-10-16)14-19(23)21-13-17-7-5-6-8-18(17)20/h5-12,15H,3-4,13-14H2,1-2H3/p+1. The fourth-order valence-corrected chi connectivity index (χ4v) is 2.87. The van der Waals surface area contributed by atoms with Crippen LogP contribution >= 0.6 is 11.6 Å². The minimum absolute atomic E-state index is 0.0230. The molecule has 3 nitrogen and oxygen atoms in total. The second-order valence-corrected chi connectivity index (χ2v) is 6.09. The van der Waals surface area contributed by atoms with E-state index in [2.05, 4.69) is 31.3 Å². The van der Waals surface area contributed by atoms with Crippen LogP contribution in [0.15, 0.2) is 48.8 Å². The number of rotatable bonds is 7. The summed E-state index contributed by atoms with van der Waals surface area (Å²) in [6, 6.07) is 11.8. The van der Waals surface area contributed by atoms with E-state index < -0.39 is 0 Å². The van der Waals surface area contributed by atoms with Crippen LogP contribution in [0.2, 0.25) is 5.02 Å². The van der Waals surface area contributed by atoms with E-state index in [1.54, 1.807) is 0 Å². The van der Waals surface area contributed by atoms with Crippen molar-refractivity contribution in [2.45, 2.75) is 45.7 Å². The van der Waals surface area contributed by atoms with Crippen LogP contribution in [0.5, 0.6) is 0 Å². The van der Waals surface area contributed by atoms with Gasteiger partial charge in [0.05, 0.1) is 0 Å². The number of amides is 1. The molecule has 1 N–H and O–H groups in total. The number of nitrogens with one attached hydrogen (secondary N) is 1. The fraction of sp³-hybridized carbons (Fsp3) is 0.368. The maximum Gasteiger partial charge on any atom is 0.286 e. The van der Waals surface area contributed by atoms with Crippen molar-refractivity contribution >= 4 is 17.5 Å². The zero-order valence-electron chi connectivity index (χ0n) is 13.8. The molecule has 1 aromatic carbocycles. The van der Waals surface area contributed by atoms with Gasteiger partial charge in [-0.25, -0.2) is 0 Å². The van der Waals surface area contributed by atoms with Crippen LogP contribution in [0.1, 0.15) is 43.7 Å². The van der Waals surface area contributed by atoms with Crippen LogP contribution in [0.3, 0.4) is 0 Å². The maximum absolute atomic E-state index is 12.1. The summed E-state index contributed by atoms with van der Waals surface area (Å²) in [7, 11) is 0. The van der Waals surface area contributed by atoms with Crippen molar-refractivity contribution in [3.8, 4) is 0 Å². The van der Waals surface area contributed by atoms with E-state index in [0.717, 1.165) is 18.4 Å². The molecule has 0 aliphatic carbocycles. The average molecular weight is 332 g/mol. The fourth-order valence-electron chi connectivity index (χ4n) is 2.66. The van der Waals surface area contributed by atoms with E-state index in [1.165, 1.54) is 5.56 Å². The number of hydrogen-bond acceptors (Lipinski definition) is 1. The summed E-state index contributed by atoms with van der Waals surface area (Å²) in [6.45, 7) is 5.17. The lowest BCUT2D eigenvalue weighted by Gasteiger charge is -2.11. The van der Waals surface area contributed by atoms with Crippen molar-refractivity contribution in [3.63, 3.8) is 0 Å². The molecule has 0 unspecified atom stereocenters. The van der Waals surface area contributed by atoms with Crippen LogP contribution < -0.4 is 9.88 Å². The first kappa shape index (κ1) is 17.5. The third kappa shape index (κ3) is 5.07. The molecule has 2 aromatic rings. The molecule has 23 heavy (non-hydrogen) atoms. The van der Waals surface area contributed by atoms with Gasteiger partial charge in [0.1, 0.15) is 0 Å². The molecule has 0 radical (unpaired) electrons. The average Bonchev–Trinajstić information content (AvgIpc) is 2.57. The van der Waals surface area contributed by atoms with Gasteiger partial charge >= 0.3 is 0 Å². The quantitative estimate of drug-likeness (QED) is 0.768. The third-order valence-corrected chi connectivity index (χ3v) is 4.50. The molecule has 1 heterocycles. The highest BCUT2D eigenvalue weighted by atomic mass is 35.5. The topological polar surface area (TPSA) is 33.0 Å². The number of aromatic nitrogens is 1. The first-order chi connectivity index (χ1) is 11.1. The third-order valence-electron chi connectivity index (χ3n) is 4.13. The molecule has 2 rings (SSSR count). The molecule has 0 bridgehead atoms. The number of halogens is 1. The number of nitrogens with zero attached hydrogens (tertiary/aromatic N) is 1. The van der Waals surface area contributed by atoms with Crippen LogP contribution in [0.25, 0.3) is 0 Å². The van der Waals surface area contributed by atoms with Gasteiger partial charge in [0.25, 0.3) is 5.91 Å². The number of hydrogen-bond donors (Lipinski definition) is 1. The predicted molar refractivity (Wildman–Crippen MR) is 93.3 cm³/mol. The molecule has 0 saturated carbocycles. The van der Waals surface area contributed by atoms with Crippen LogP contribution in [0, 0.1) is 0 Å². The molecule has 1 amide bonds. The molecular formula is C19H24ClN2O+. The summed E-state index contributed by atoms with van der Waals surface area (Å²) < 4.78 is 1.90. The number of benzene rings is 1. The van der Waals surface area contributed by atoms with Gasteiger partial charge in [-0.05, 0) is 36.0 Å². The van der Waals surface area contributed by atoms with Crippen molar-refractivity contribution in [3.05, 3.63) is 64.9 Å². The Hall–Kier alpha value is -1.87. The van der Waals surface area contributed by atoms with Gasteiger partial charge in [-0.15, -0.1) is 0 Å². The van der Waals surface area contributed by atoms with Crippen LogP contribution in [-0.4, -0.2) is 5.91 Å². The lowest BCUT2D eigenvalue weighted by atomic mass is 9.95. The monoisotopic (exact) mass is 331 g/mol. The van der Waals surface area contributed by atoms with E-state index in [-0.39, 0.29) is 5.91 Å². The van der Waals surface area contributed by atoms with Crippen LogP contribution in [0.4, 0.5) is 0 Å². The minimum Gasteiger partial charge on any atom is -0.346 e. The zero-order valence-corrected chi connectivity index (χ0v) is 14.5. The van der Waals surface area contributed by atoms with Gasteiger partial charge in [0, 0.05) is 23.7 Å². The van der Waals surface area contributed by atoms with E-state index in [9.17, 15) is 4.79 Å². The summed E-state index contributed by atoms with van der Waals surface area (Å²) in [5.41, 5.74) is 2.26. The van der Waals surface area contributed by atoms with Gasteiger partial charge in [0.2, 0.25) is 6.54 Å². The highest BCUT2D eigenvalue weighted by Gasteiger charge is 2.12. The van der Waals surface area contributed by atoms with Crippen molar-refractivity contribution in [1.29, 1.82) is 0 Å². The van der Waals surface area contributed by atoms with Crippen molar-refractivity contribution in [2.75, 3.05) is 0 Å². The summed E-state index contributed by atoms with van der Waals surface area (Å²) >= 11 is 6.09. The van der Waals surface area contributed by atoms with Crippen molar-refractivity contribution in [1.82, 2.24) is 5.32 Å². The molecule has 122 valence electrons. The van der Waals surface area contributed by atoms with Gasteiger partial charge in [-0.1, -0.05) is 43.6 Å². The molecule has 0 atom stereocenters. The van der Waals surface area contributed by atoms with E-state index in [4.69, 9.17) is 11.6 Å². The smallest absolute Gasteiger partial charge is 0.286 e. The maximum atomic E-state index is 12.1. The Labute approximate surface area is 143 Å². The zero-order chi connectivity index (χ0) is 16.7. The van der Waals surface area contributed by atoms with E-state index in [1.807, 2.05) is 41.2 Å². The molecule has 4 heteroatoms. The van der Waals surface area contributed by atoms with Gasteiger partial charge < -0.3 is 5.32 Å². The summed E-state index contributed by atoms with van der Waals surface area (Å²) in [5, 5.41) is 3.58. The second kappa shape index (κ2) is 8.68. The van der Waals surface area contributed by atoms with Crippen molar-refractivity contribution in [2.24, 2.45) is 0 Å². The van der Waals surface area contributed by atoms with Gasteiger partial charge in [0.15, 0.2) is 12.4 Å². The Morgan fingerprint density at radius 3 is 2.39 bits per heavy atom. The molecule has 1 aromatic heterocycles. The van der Waals surface area contributed by atoms with Gasteiger partial charge in [-0.2, -0.15) is 4.57 Å². The number of pyridine rings is 1. The highest BCUT2D eigenvalue weighted by molar-refractivity contribution is 6.31. The Balaban J connectivity index is 1.89. The minimum atomic E-state index is -0.0230. The van der Waals surface area contributed by atoms with Crippen molar-refractivity contribution < 1.29 is 9.36 Å². The SMILES string of the molecule is CCC(CC)c1cc[n+](CC(=O)NCc2ccccc2Cl)cc1. The Morgan fingerprint density at radius 1 is 1.13 bits per heavy atom. The lowest BCUT2D eigenvalue weighted by Crippen LogP contribution is -2.42. The number of carbonyl (C=O) groups excluding carboxylic acids is 1. The summed E-state index contributed by atoms with van der Waals surface area (Å²) in [6.07, 6.45) is 6.23. The molecular weight excluding hydrogens is 308 g/mol. The summed E-state index contributed by atoms with van der Waals surface area (Å²) in [5.74, 6) is 0.573. The Kier molecular flexibility index (Phi) is 6.60. The Morgan fingerprint density at radius 2 is 1.78 bits per heavy atom. The summed E-state index contributed by atoms with van der Waals surface area (Å²) in [4.78, 5) is 12.1. The molecule has 0 aliphatic heterocycles. The Bertz CT molecular complexity index is 636. The van der Waals surface area contributed by atoms with Gasteiger partial charge in [-0.3, -0.25) is 4.79 Å². The number of carbonyl (C=O) groups is 1. The normalized spacial score (nSPS) is 10.8. The molecule has 0 spiro atoms. The first-order valence-electron chi connectivity index (χ1n) is 8.13. The van der Waals surface area contributed by atoms with E-state index >= 15 is 0 Å².